The summed E-state index contributed by atoms with van der Waals surface area (Å²) in [5, 5.41) is 0. The topological polar surface area (TPSA) is 20.3 Å². The van der Waals surface area contributed by atoms with Gasteiger partial charge in [-0.1, -0.05) is 57.8 Å². The largest absolute Gasteiger partial charge is 0.336 e. The first kappa shape index (κ1) is 15.4. The summed E-state index contributed by atoms with van der Waals surface area (Å²) in [5.74, 6) is 1.55. The third kappa shape index (κ3) is 3.29. The van der Waals surface area contributed by atoms with Crippen LogP contribution in [0.2, 0.25) is 0 Å². The minimum atomic E-state index is 0.366. The Bertz CT molecular complexity index is 345. The molecule has 0 radical (unpaired) electrons. The molecular formula is C19H33NO. The van der Waals surface area contributed by atoms with Gasteiger partial charge in [-0.05, 0) is 38.5 Å². The third-order valence-corrected chi connectivity index (χ3v) is 6.42. The van der Waals surface area contributed by atoms with E-state index in [4.69, 9.17) is 0 Å². The Labute approximate surface area is 130 Å². The molecule has 1 heterocycles. The van der Waals surface area contributed by atoms with Crippen LogP contribution in [0, 0.1) is 11.8 Å². The maximum atomic E-state index is 13.0. The van der Waals surface area contributed by atoms with Crippen molar-refractivity contribution in [3.63, 3.8) is 0 Å². The van der Waals surface area contributed by atoms with Gasteiger partial charge in [0.1, 0.15) is 0 Å². The summed E-state index contributed by atoms with van der Waals surface area (Å²) in [5.41, 5.74) is 0. The fraction of sp³-hybridized carbons (Fsp3) is 0.947. The van der Waals surface area contributed by atoms with E-state index in [9.17, 15) is 4.79 Å². The van der Waals surface area contributed by atoms with E-state index >= 15 is 0 Å². The zero-order valence-corrected chi connectivity index (χ0v) is 13.9. The average Bonchev–Trinajstić information content (AvgIpc) is 2.61. The van der Waals surface area contributed by atoms with Gasteiger partial charge in [-0.3, -0.25) is 4.79 Å². The van der Waals surface area contributed by atoms with E-state index in [0.717, 1.165) is 6.42 Å². The molecule has 1 aliphatic heterocycles. The SMILES string of the molecule is CC1C2CCCCCCC2C(=O)N1C1CCCCCCC1. The van der Waals surface area contributed by atoms with E-state index in [-0.39, 0.29) is 0 Å². The van der Waals surface area contributed by atoms with Gasteiger partial charge >= 0.3 is 0 Å². The van der Waals surface area contributed by atoms with E-state index in [0.29, 0.717) is 29.8 Å². The molecule has 0 aromatic rings. The predicted molar refractivity (Wildman–Crippen MR) is 87.1 cm³/mol. The van der Waals surface area contributed by atoms with Crippen molar-refractivity contribution in [3.8, 4) is 0 Å². The molecule has 0 bridgehead atoms. The van der Waals surface area contributed by atoms with Crippen molar-refractivity contribution in [2.75, 3.05) is 0 Å². The van der Waals surface area contributed by atoms with Gasteiger partial charge in [-0.25, -0.2) is 0 Å². The summed E-state index contributed by atoms with van der Waals surface area (Å²) >= 11 is 0. The number of hydrogen-bond donors (Lipinski definition) is 0. The van der Waals surface area contributed by atoms with Crippen LogP contribution in [0.5, 0.6) is 0 Å². The minimum absolute atomic E-state index is 0.366. The molecule has 0 aromatic heterocycles. The number of rotatable bonds is 1. The smallest absolute Gasteiger partial charge is 0.226 e. The Morgan fingerprint density at radius 1 is 0.762 bits per heavy atom. The molecule has 21 heavy (non-hydrogen) atoms. The second-order valence-corrected chi connectivity index (χ2v) is 7.75. The number of fused-ring (bicyclic) bond motifs is 1. The fourth-order valence-corrected chi connectivity index (χ4v) is 5.22. The van der Waals surface area contributed by atoms with E-state index in [1.807, 2.05) is 0 Å². The third-order valence-electron chi connectivity index (χ3n) is 6.42. The van der Waals surface area contributed by atoms with Crippen LogP contribution in [0.15, 0.2) is 0 Å². The number of carbonyl (C=O) groups is 1. The highest BCUT2D eigenvalue weighted by Gasteiger charge is 2.47. The van der Waals surface area contributed by atoms with Crippen molar-refractivity contribution in [3.05, 3.63) is 0 Å². The zero-order valence-electron chi connectivity index (χ0n) is 13.9. The van der Waals surface area contributed by atoms with Crippen LogP contribution in [0.25, 0.3) is 0 Å². The van der Waals surface area contributed by atoms with Crippen molar-refractivity contribution < 1.29 is 4.79 Å². The van der Waals surface area contributed by atoms with Crippen LogP contribution in [-0.4, -0.2) is 22.9 Å². The van der Waals surface area contributed by atoms with Gasteiger partial charge in [0.05, 0.1) is 0 Å². The lowest BCUT2D eigenvalue weighted by Crippen LogP contribution is -2.42. The first-order valence-corrected chi connectivity index (χ1v) is 9.61. The minimum Gasteiger partial charge on any atom is -0.336 e. The quantitative estimate of drug-likeness (QED) is 0.671. The van der Waals surface area contributed by atoms with Crippen molar-refractivity contribution in [2.45, 2.75) is 102 Å². The zero-order chi connectivity index (χ0) is 14.7. The molecular weight excluding hydrogens is 258 g/mol. The molecule has 3 aliphatic rings. The first-order valence-electron chi connectivity index (χ1n) is 9.61. The van der Waals surface area contributed by atoms with E-state index in [1.165, 1.54) is 77.0 Å². The number of hydrogen-bond acceptors (Lipinski definition) is 1. The number of carbonyl (C=O) groups excluding carboxylic acids is 1. The Morgan fingerprint density at radius 3 is 1.95 bits per heavy atom. The summed E-state index contributed by atoms with van der Waals surface area (Å²) < 4.78 is 0. The summed E-state index contributed by atoms with van der Waals surface area (Å²) in [6.45, 7) is 2.35. The molecule has 2 saturated carbocycles. The number of amides is 1. The molecule has 3 atom stereocenters. The monoisotopic (exact) mass is 291 g/mol. The van der Waals surface area contributed by atoms with E-state index in [1.54, 1.807) is 0 Å². The molecule has 0 aromatic carbocycles. The second-order valence-electron chi connectivity index (χ2n) is 7.75. The Kier molecular flexibility index (Phi) is 5.24. The van der Waals surface area contributed by atoms with Crippen molar-refractivity contribution in [2.24, 2.45) is 11.8 Å². The molecule has 3 fully saturated rings. The maximum absolute atomic E-state index is 13.0. The Hall–Kier alpha value is -0.530. The summed E-state index contributed by atoms with van der Waals surface area (Å²) in [6.07, 6.45) is 17.1. The van der Waals surface area contributed by atoms with Gasteiger partial charge in [0.15, 0.2) is 0 Å². The number of likely N-dealkylation sites (tertiary alicyclic amines) is 1. The molecule has 120 valence electrons. The van der Waals surface area contributed by atoms with Gasteiger partial charge in [0, 0.05) is 18.0 Å². The van der Waals surface area contributed by atoms with Crippen LogP contribution in [0.1, 0.15) is 90.4 Å². The van der Waals surface area contributed by atoms with Crippen molar-refractivity contribution >= 4 is 5.91 Å². The molecule has 1 amide bonds. The summed E-state index contributed by atoms with van der Waals surface area (Å²) in [7, 11) is 0. The van der Waals surface area contributed by atoms with Crippen LogP contribution >= 0.6 is 0 Å². The standard InChI is InChI=1S/C19H33NO/c1-15-17-13-9-5-6-10-14-18(17)19(21)20(15)16-11-7-3-2-4-8-12-16/h15-18H,2-14H2,1H3. The molecule has 1 saturated heterocycles. The molecule has 0 N–H and O–H groups in total. The van der Waals surface area contributed by atoms with Gasteiger partial charge in [0.25, 0.3) is 0 Å². The molecule has 3 rings (SSSR count). The highest BCUT2D eigenvalue weighted by Crippen LogP contribution is 2.41. The average molecular weight is 291 g/mol. The lowest BCUT2D eigenvalue weighted by Gasteiger charge is -2.34. The first-order chi connectivity index (χ1) is 10.3. The lowest BCUT2D eigenvalue weighted by atomic mass is 9.81. The van der Waals surface area contributed by atoms with Gasteiger partial charge in [-0.15, -0.1) is 0 Å². The maximum Gasteiger partial charge on any atom is 0.226 e. The highest BCUT2D eigenvalue weighted by molar-refractivity contribution is 5.82. The summed E-state index contributed by atoms with van der Waals surface area (Å²) in [4.78, 5) is 15.4. The molecule has 2 heteroatoms. The van der Waals surface area contributed by atoms with E-state index < -0.39 is 0 Å². The molecule has 3 unspecified atom stereocenters. The van der Waals surface area contributed by atoms with Crippen LogP contribution < -0.4 is 0 Å². The highest BCUT2D eigenvalue weighted by atomic mass is 16.2. The van der Waals surface area contributed by atoms with Crippen molar-refractivity contribution in [1.29, 1.82) is 0 Å². The Morgan fingerprint density at radius 2 is 1.29 bits per heavy atom. The van der Waals surface area contributed by atoms with Gasteiger partial charge in [0.2, 0.25) is 5.91 Å². The van der Waals surface area contributed by atoms with Crippen molar-refractivity contribution in [1.82, 2.24) is 4.90 Å². The predicted octanol–water partition coefficient (Wildman–Crippen LogP) is 4.92. The summed E-state index contributed by atoms with van der Waals surface area (Å²) in [6, 6.07) is 1.06. The second kappa shape index (κ2) is 7.15. The van der Waals surface area contributed by atoms with E-state index in [2.05, 4.69) is 11.8 Å². The van der Waals surface area contributed by atoms with Gasteiger partial charge < -0.3 is 4.90 Å². The molecule has 2 aliphatic carbocycles. The van der Waals surface area contributed by atoms with Crippen LogP contribution in [-0.2, 0) is 4.79 Å². The molecule has 0 spiro atoms. The van der Waals surface area contributed by atoms with Crippen LogP contribution in [0.3, 0.4) is 0 Å². The van der Waals surface area contributed by atoms with Crippen LogP contribution in [0.4, 0.5) is 0 Å². The Balaban J connectivity index is 1.73. The lowest BCUT2D eigenvalue weighted by molar-refractivity contribution is -0.134. The normalized spacial score (nSPS) is 36.5. The number of nitrogens with zero attached hydrogens (tertiary/aromatic N) is 1. The fourth-order valence-electron chi connectivity index (χ4n) is 5.22. The molecule has 2 nitrogen and oxygen atoms in total. The van der Waals surface area contributed by atoms with Gasteiger partial charge in [-0.2, -0.15) is 0 Å².